The minimum atomic E-state index is -3.55. The van der Waals surface area contributed by atoms with Crippen LogP contribution in [0.15, 0.2) is 12.2 Å². The molecule has 1 aliphatic carbocycles. The van der Waals surface area contributed by atoms with Gasteiger partial charge in [0.15, 0.2) is 9.84 Å². The van der Waals surface area contributed by atoms with Crippen molar-refractivity contribution in [3.05, 3.63) is 12.2 Å². The van der Waals surface area contributed by atoms with Gasteiger partial charge in [-0.1, -0.05) is 12.2 Å². The van der Waals surface area contributed by atoms with Crippen molar-refractivity contribution in [1.29, 1.82) is 0 Å². The fourth-order valence-corrected chi connectivity index (χ4v) is 2.93. The van der Waals surface area contributed by atoms with Gasteiger partial charge in [0.2, 0.25) is 0 Å². The molecule has 0 saturated carbocycles. The van der Waals surface area contributed by atoms with Crippen LogP contribution in [0.2, 0.25) is 0 Å². The summed E-state index contributed by atoms with van der Waals surface area (Å²) in [5.74, 6) is -2.12. The van der Waals surface area contributed by atoms with E-state index >= 15 is 0 Å². The number of alkyl halides is 1. The molecule has 6 heteroatoms. The van der Waals surface area contributed by atoms with Crippen molar-refractivity contribution >= 4 is 27.4 Å². The van der Waals surface area contributed by atoms with Crippen molar-refractivity contribution in [2.75, 3.05) is 5.75 Å². The molecule has 0 amide bonds. The lowest BCUT2D eigenvalue weighted by molar-refractivity contribution is -0.134. The van der Waals surface area contributed by atoms with Gasteiger partial charge in [0, 0.05) is 0 Å². The summed E-state index contributed by atoms with van der Waals surface area (Å²) in [6.07, 6.45) is 4.07. The summed E-state index contributed by atoms with van der Waals surface area (Å²) >= 11 is 5.74. The van der Waals surface area contributed by atoms with Crippen LogP contribution >= 0.6 is 11.6 Å². The molecule has 14 heavy (non-hydrogen) atoms. The van der Waals surface area contributed by atoms with Gasteiger partial charge in [-0.3, -0.25) is 4.79 Å². The number of rotatable bonds is 3. The molecule has 0 aromatic carbocycles. The maximum atomic E-state index is 11.4. The number of halogens is 1. The highest BCUT2D eigenvalue weighted by atomic mass is 35.5. The van der Waals surface area contributed by atoms with Crippen LogP contribution in [0.5, 0.6) is 0 Å². The largest absolute Gasteiger partial charge is 0.480 e. The second-order valence-electron chi connectivity index (χ2n) is 3.22. The second kappa shape index (κ2) is 4.31. The van der Waals surface area contributed by atoms with E-state index in [0.29, 0.717) is 12.8 Å². The molecule has 0 saturated heterocycles. The molecular weight excluding hydrogens is 228 g/mol. The van der Waals surface area contributed by atoms with Crippen LogP contribution in [-0.4, -0.2) is 35.9 Å². The Morgan fingerprint density at radius 3 is 2.50 bits per heavy atom. The molecule has 1 aliphatic rings. The first-order valence-corrected chi connectivity index (χ1v) is 6.33. The standard InChI is InChI=1S/C8H11ClO4S/c9-6-1-3-7(4-2-6)14(12,13)5-8(10)11/h1,3,6-7H,2,4-5H2,(H,10,11). The minimum Gasteiger partial charge on any atom is -0.480 e. The predicted molar refractivity (Wildman–Crippen MR) is 53.2 cm³/mol. The summed E-state index contributed by atoms with van der Waals surface area (Å²) in [7, 11) is -3.55. The van der Waals surface area contributed by atoms with Crippen molar-refractivity contribution in [3.8, 4) is 0 Å². The van der Waals surface area contributed by atoms with Crippen molar-refractivity contribution < 1.29 is 18.3 Å². The number of sulfone groups is 1. The van der Waals surface area contributed by atoms with Gasteiger partial charge < -0.3 is 5.11 Å². The Morgan fingerprint density at radius 2 is 2.07 bits per heavy atom. The third kappa shape index (κ3) is 2.99. The maximum Gasteiger partial charge on any atom is 0.318 e. The summed E-state index contributed by atoms with van der Waals surface area (Å²) in [6, 6.07) is 0. The highest BCUT2D eigenvalue weighted by molar-refractivity contribution is 7.92. The first-order chi connectivity index (χ1) is 6.42. The van der Waals surface area contributed by atoms with E-state index in [2.05, 4.69) is 0 Å². The average Bonchev–Trinajstić information content (AvgIpc) is 2.02. The van der Waals surface area contributed by atoms with Crippen LogP contribution < -0.4 is 0 Å². The number of hydrogen-bond acceptors (Lipinski definition) is 3. The summed E-state index contributed by atoms with van der Waals surface area (Å²) < 4.78 is 22.9. The van der Waals surface area contributed by atoms with E-state index in [1.165, 1.54) is 6.08 Å². The van der Waals surface area contributed by atoms with Gasteiger partial charge in [-0.05, 0) is 12.8 Å². The predicted octanol–water partition coefficient (Wildman–Crippen LogP) is 0.812. The Labute approximate surface area is 87.5 Å². The van der Waals surface area contributed by atoms with E-state index in [1.54, 1.807) is 6.08 Å². The van der Waals surface area contributed by atoms with E-state index < -0.39 is 26.8 Å². The molecule has 0 fully saturated rings. The zero-order valence-corrected chi connectivity index (χ0v) is 8.96. The molecule has 0 bridgehead atoms. The van der Waals surface area contributed by atoms with E-state index in [0.717, 1.165) is 0 Å². The van der Waals surface area contributed by atoms with Gasteiger partial charge in [-0.2, -0.15) is 0 Å². The third-order valence-corrected chi connectivity index (χ3v) is 4.38. The Kier molecular flexibility index (Phi) is 3.55. The van der Waals surface area contributed by atoms with Crippen LogP contribution in [0, 0.1) is 0 Å². The first kappa shape index (κ1) is 11.5. The number of carbonyl (C=O) groups is 1. The fourth-order valence-electron chi connectivity index (χ4n) is 1.34. The zero-order valence-electron chi connectivity index (χ0n) is 7.39. The van der Waals surface area contributed by atoms with Gasteiger partial charge in [0.05, 0.1) is 10.6 Å². The minimum absolute atomic E-state index is 0.133. The molecule has 0 aromatic heterocycles. The van der Waals surface area contributed by atoms with E-state index in [4.69, 9.17) is 16.7 Å². The molecule has 0 aromatic rings. The number of hydrogen-bond donors (Lipinski definition) is 1. The van der Waals surface area contributed by atoms with Crippen molar-refractivity contribution in [2.24, 2.45) is 0 Å². The van der Waals surface area contributed by atoms with Gasteiger partial charge in [0.1, 0.15) is 5.75 Å². The Balaban J connectivity index is 2.74. The van der Waals surface area contributed by atoms with E-state index in [9.17, 15) is 13.2 Å². The van der Waals surface area contributed by atoms with Gasteiger partial charge in [-0.25, -0.2) is 8.42 Å². The molecule has 0 heterocycles. The smallest absolute Gasteiger partial charge is 0.318 e. The number of carboxylic acids is 1. The third-order valence-electron chi connectivity index (χ3n) is 2.05. The molecule has 2 unspecified atom stereocenters. The summed E-state index contributed by atoms with van der Waals surface area (Å²) in [4.78, 5) is 10.3. The van der Waals surface area contributed by atoms with Crippen LogP contribution in [0.3, 0.4) is 0 Å². The monoisotopic (exact) mass is 238 g/mol. The van der Waals surface area contributed by atoms with Crippen LogP contribution in [-0.2, 0) is 14.6 Å². The molecule has 4 nitrogen and oxygen atoms in total. The number of carboxylic acid groups (broad SMARTS) is 1. The SMILES string of the molecule is O=C(O)CS(=O)(=O)C1C=CC(Cl)CC1. The van der Waals surface area contributed by atoms with Crippen molar-refractivity contribution in [3.63, 3.8) is 0 Å². The lowest BCUT2D eigenvalue weighted by Crippen LogP contribution is -2.28. The molecule has 0 aliphatic heterocycles. The molecule has 0 radical (unpaired) electrons. The van der Waals surface area contributed by atoms with Gasteiger partial charge in [0.25, 0.3) is 0 Å². The molecule has 2 atom stereocenters. The molecule has 1 N–H and O–H groups in total. The Hall–Kier alpha value is -0.550. The van der Waals surface area contributed by atoms with Gasteiger partial charge >= 0.3 is 5.97 Å². The van der Waals surface area contributed by atoms with Crippen LogP contribution in [0.1, 0.15) is 12.8 Å². The van der Waals surface area contributed by atoms with Gasteiger partial charge in [-0.15, -0.1) is 11.6 Å². The maximum absolute atomic E-state index is 11.4. The zero-order chi connectivity index (χ0) is 10.8. The first-order valence-electron chi connectivity index (χ1n) is 4.17. The molecule has 1 rings (SSSR count). The number of aliphatic carboxylic acids is 1. The average molecular weight is 239 g/mol. The summed E-state index contributed by atoms with van der Waals surface area (Å²) in [6.45, 7) is 0. The Morgan fingerprint density at radius 1 is 1.43 bits per heavy atom. The lowest BCUT2D eigenvalue weighted by atomic mass is 10.1. The van der Waals surface area contributed by atoms with Crippen molar-refractivity contribution in [2.45, 2.75) is 23.5 Å². The quantitative estimate of drug-likeness (QED) is 0.584. The molecular formula is C8H11ClO4S. The second-order valence-corrected chi connectivity index (χ2v) is 6.00. The Bertz CT molecular complexity index is 346. The normalized spacial score (nSPS) is 27.5. The highest BCUT2D eigenvalue weighted by Crippen LogP contribution is 2.21. The summed E-state index contributed by atoms with van der Waals surface area (Å²) in [5.41, 5.74) is 0. The number of allylic oxidation sites excluding steroid dienone is 1. The van der Waals surface area contributed by atoms with Crippen molar-refractivity contribution in [1.82, 2.24) is 0 Å². The lowest BCUT2D eigenvalue weighted by Gasteiger charge is -2.18. The van der Waals surface area contributed by atoms with Crippen LogP contribution in [0.25, 0.3) is 0 Å². The van der Waals surface area contributed by atoms with E-state index in [-0.39, 0.29) is 5.38 Å². The van der Waals surface area contributed by atoms with E-state index in [1.807, 2.05) is 0 Å². The topological polar surface area (TPSA) is 71.4 Å². The molecule has 80 valence electrons. The highest BCUT2D eigenvalue weighted by Gasteiger charge is 2.28. The van der Waals surface area contributed by atoms with Crippen LogP contribution in [0.4, 0.5) is 0 Å². The fraction of sp³-hybridized carbons (Fsp3) is 0.625. The molecule has 0 spiro atoms. The summed E-state index contributed by atoms with van der Waals surface area (Å²) in [5, 5.41) is 7.58.